The van der Waals surface area contributed by atoms with Crippen LogP contribution in [0.3, 0.4) is 0 Å². The molecule has 3 rings (SSSR count). The maximum Gasteiger partial charge on any atom is 0.335 e. The number of aryl methyl sites for hydroxylation is 1. The standard InChI is InChI=1S/C17H22N2O2/c1-10-5-4-6-15(11(10)2)19-12(3)18-14-8-7-13(17(20)21)9-16(14)19/h7-11,15H,4-6H2,1-3H3,(H,20,21). The zero-order valence-electron chi connectivity index (χ0n) is 12.8. The van der Waals surface area contributed by atoms with Crippen LogP contribution in [-0.4, -0.2) is 20.6 Å². The third-order valence-corrected chi connectivity index (χ3v) is 5.11. The Kier molecular flexibility index (Phi) is 3.47. The van der Waals surface area contributed by atoms with Gasteiger partial charge in [0, 0.05) is 6.04 Å². The molecule has 4 nitrogen and oxygen atoms in total. The average Bonchev–Trinajstić information content (AvgIpc) is 2.77. The molecule has 0 saturated heterocycles. The number of rotatable bonds is 2. The molecule has 0 bridgehead atoms. The van der Waals surface area contributed by atoms with E-state index in [9.17, 15) is 9.90 Å². The number of hydrogen-bond donors (Lipinski definition) is 1. The van der Waals surface area contributed by atoms with Crippen LogP contribution in [0.15, 0.2) is 18.2 Å². The summed E-state index contributed by atoms with van der Waals surface area (Å²) < 4.78 is 2.27. The van der Waals surface area contributed by atoms with Crippen molar-refractivity contribution in [2.45, 2.75) is 46.1 Å². The SMILES string of the molecule is Cc1nc2ccc(C(=O)O)cc2n1C1CCCC(C)C1C. The van der Waals surface area contributed by atoms with Gasteiger partial charge in [0.25, 0.3) is 0 Å². The van der Waals surface area contributed by atoms with Gasteiger partial charge in [-0.05, 0) is 43.4 Å². The van der Waals surface area contributed by atoms with Crippen LogP contribution in [0, 0.1) is 18.8 Å². The summed E-state index contributed by atoms with van der Waals surface area (Å²) in [5.74, 6) is 1.39. The summed E-state index contributed by atoms with van der Waals surface area (Å²) in [5.41, 5.74) is 2.18. The minimum Gasteiger partial charge on any atom is -0.478 e. The van der Waals surface area contributed by atoms with Crippen molar-refractivity contribution < 1.29 is 9.90 Å². The molecule has 2 aromatic rings. The van der Waals surface area contributed by atoms with Gasteiger partial charge >= 0.3 is 5.97 Å². The first-order valence-corrected chi connectivity index (χ1v) is 7.71. The molecule has 1 fully saturated rings. The second-order valence-corrected chi connectivity index (χ2v) is 6.37. The van der Waals surface area contributed by atoms with E-state index in [0.29, 0.717) is 23.4 Å². The quantitative estimate of drug-likeness (QED) is 0.906. The molecular weight excluding hydrogens is 264 g/mol. The fraction of sp³-hybridized carbons (Fsp3) is 0.529. The number of carbonyl (C=O) groups is 1. The van der Waals surface area contributed by atoms with Crippen molar-refractivity contribution in [3.8, 4) is 0 Å². The Balaban J connectivity index is 2.14. The first-order chi connectivity index (χ1) is 9.99. The summed E-state index contributed by atoms with van der Waals surface area (Å²) in [4.78, 5) is 15.8. The zero-order chi connectivity index (χ0) is 15.1. The molecule has 1 aliphatic rings. The predicted molar refractivity (Wildman–Crippen MR) is 82.6 cm³/mol. The normalized spacial score (nSPS) is 26.1. The fourth-order valence-electron chi connectivity index (χ4n) is 3.68. The maximum absolute atomic E-state index is 11.2. The molecule has 0 aliphatic heterocycles. The third-order valence-electron chi connectivity index (χ3n) is 5.11. The Hall–Kier alpha value is -1.84. The molecule has 1 N–H and O–H groups in total. The second-order valence-electron chi connectivity index (χ2n) is 6.37. The third kappa shape index (κ3) is 2.33. The van der Waals surface area contributed by atoms with E-state index in [-0.39, 0.29) is 0 Å². The van der Waals surface area contributed by atoms with Gasteiger partial charge in [0.1, 0.15) is 5.82 Å². The van der Waals surface area contributed by atoms with Crippen molar-refractivity contribution in [3.05, 3.63) is 29.6 Å². The van der Waals surface area contributed by atoms with Crippen molar-refractivity contribution in [3.63, 3.8) is 0 Å². The van der Waals surface area contributed by atoms with Crippen LogP contribution in [-0.2, 0) is 0 Å². The second kappa shape index (κ2) is 5.17. The summed E-state index contributed by atoms with van der Waals surface area (Å²) in [7, 11) is 0. The summed E-state index contributed by atoms with van der Waals surface area (Å²) in [5, 5.41) is 9.22. The molecule has 1 aliphatic carbocycles. The van der Waals surface area contributed by atoms with E-state index in [4.69, 9.17) is 0 Å². The van der Waals surface area contributed by atoms with Gasteiger partial charge in [0.15, 0.2) is 0 Å². The van der Waals surface area contributed by atoms with Crippen LogP contribution in [0.25, 0.3) is 11.0 Å². The lowest BCUT2D eigenvalue weighted by atomic mass is 9.78. The number of benzene rings is 1. The number of fused-ring (bicyclic) bond motifs is 1. The summed E-state index contributed by atoms with van der Waals surface area (Å²) in [6.45, 7) is 6.64. The molecule has 1 saturated carbocycles. The summed E-state index contributed by atoms with van der Waals surface area (Å²) in [6, 6.07) is 5.64. The zero-order valence-corrected chi connectivity index (χ0v) is 12.8. The van der Waals surface area contributed by atoms with Crippen molar-refractivity contribution in [2.75, 3.05) is 0 Å². The van der Waals surface area contributed by atoms with E-state index in [1.54, 1.807) is 12.1 Å². The van der Waals surface area contributed by atoms with Crippen molar-refractivity contribution in [1.82, 2.24) is 9.55 Å². The van der Waals surface area contributed by atoms with Crippen LogP contribution in [0.4, 0.5) is 0 Å². The molecule has 1 aromatic carbocycles. The Morgan fingerprint density at radius 3 is 2.81 bits per heavy atom. The first kappa shape index (κ1) is 14.1. The molecule has 0 spiro atoms. The van der Waals surface area contributed by atoms with Gasteiger partial charge in [0.05, 0.1) is 16.6 Å². The van der Waals surface area contributed by atoms with Gasteiger partial charge in [-0.1, -0.05) is 26.7 Å². The lowest BCUT2D eigenvalue weighted by Gasteiger charge is -2.36. The largest absolute Gasteiger partial charge is 0.478 e. The Morgan fingerprint density at radius 2 is 2.10 bits per heavy atom. The number of imidazole rings is 1. The van der Waals surface area contributed by atoms with Crippen LogP contribution in [0.2, 0.25) is 0 Å². The Bertz CT molecular complexity index is 689. The number of carboxylic acids is 1. The molecule has 1 heterocycles. The van der Waals surface area contributed by atoms with Crippen LogP contribution < -0.4 is 0 Å². The molecular formula is C17H22N2O2. The summed E-state index contributed by atoms with van der Waals surface area (Å²) in [6.07, 6.45) is 3.66. The highest BCUT2D eigenvalue weighted by molar-refractivity contribution is 5.92. The van der Waals surface area contributed by atoms with E-state index in [1.165, 1.54) is 12.8 Å². The molecule has 21 heavy (non-hydrogen) atoms. The number of aromatic nitrogens is 2. The molecule has 0 amide bonds. The van der Waals surface area contributed by atoms with Gasteiger partial charge < -0.3 is 9.67 Å². The maximum atomic E-state index is 11.2. The highest BCUT2D eigenvalue weighted by Gasteiger charge is 2.30. The van der Waals surface area contributed by atoms with E-state index < -0.39 is 5.97 Å². The van der Waals surface area contributed by atoms with Gasteiger partial charge in [-0.3, -0.25) is 0 Å². The molecule has 112 valence electrons. The minimum absolute atomic E-state index is 0.333. The smallest absolute Gasteiger partial charge is 0.335 e. The molecule has 4 heteroatoms. The highest BCUT2D eigenvalue weighted by Crippen LogP contribution is 2.39. The van der Waals surface area contributed by atoms with Gasteiger partial charge in [-0.2, -0.15) is 0 Å². The minimum atomic E-state index is -0.882. The predicted octanol–water partition coefficient (Wildman–Crippen LogP) is 4.04. The Labute approximate surface area is 124 Å². The molecule has 3 atom stereocenters. The topological polar surface area (TPSA) is 55.1 Å². The van der Waals surface area contributed by atoms with Gasteiger partial charge in [-0.25, -0.2) is 9.78 Å². The lowest BCUT2D eigenvalue weighted by Crippen LogP contribution is -2.27. The monoisotopic (exact) mass is 286 g/mol. The van der Waals surface area contributed by atoms with Crippen LogP contribution >= 0.6 is 0 Å². The van der Waals surface area contributed by atoms with Gasteiger partial charge in [-0.15, -0.1) is 0 Å². The molecule has 0 radical (unpaired) electrons. The number of nitrogens with zero attached hydrogens (tertiary/aromatic N) is 2. The molecule has 3 unspecified atom stereocenters. The van der Waals surface area contributed by atoms with Crippen molar-refractivity contribution >= 4 is 17.0 Å². The highest BCUT2D eigenvalue weighted by atomic mass is 16.4. The van der Waals surface area contributed by atoms with E-state index in [2.05, 4.69) is 23.4 Å². The number of carboxylic acid groups (broad SMARTS) is 1. The van der Waals surface area contributed by atoms with Crippen LogP contribution in [0.5, 0.6) is 0 Å². The van der Waals surface area contributed by atoms with Crippen molar-refractivity contribution in [2.24, 2.45) is 11.8 Å². The molecule has 1 aromatic heterocycles. The van der Waals surface area contributed by atoms with E-state index >= 15 is 0 Å². The van der Waals surface area contributed by atoms with Gasteiger partial charge in [0.2, 0.25) is 0 Å². The lowest BCUT2D eigenvalue weighted by molar-refractivity contribution is 0.0697. The average molecular weight is 286 g/mol. The fourth-order valence-corrected chi connectivity index (χ4v) is 3.68. The number of hydrogen-bond acceptors (Lipinski definition) is 2. The number of aromatic carboxylic acids is 1. The van der Waals surface area contributed by atoms with Crippen LogP contribution in [0.1, 0.15) is 55.3 Å². The van der Waals surface area contributed by atoms with E-state index in [1.807, 2.05) is 13.0 Å². The van der Waals surface area contributed by atoms with Crippen molar-refractivity contribution in [1.29, 1.82) is 0 Å². The van der Waals surface area contributed by atoms with E-state index in [0.717, 1.165) is 23.3 Å². The first-order valence-electron chi connectivity index (χ1n) is 7.71. The summed E-state index contributed by atoms with van der Waals surface area (Å²) >= 11 is 0. The Morgan fingerprint density at radius 1 is 1.33 bits per heavy atom.